The molecule has 6 heterocycles. The first-order valence-corrected chi connectivity index (χ1v) is 44.3. The largest absolute Gasteiger partial charge is 0.455 e. The van der Waals surface area contributed by atoms with E-state index >= 15 is 0 Å². The average molecular weight is 1760 g/mol. The van der Waals surface area contributed by atoms with Gasteiger partial charge in [-0.05, 0) is 230 Å². The molecule has 2 aromatic heterocycles. The summed E-state index contributed by atoms with van der Waals surface area (Å²) in [7, 11) is -12.7. The summed E-state index contributed by atoms with van der Waals surface area (Å²) >= 11 is 6.54. The molecule has 4 aliphatic heterocycles. The van der Waals surface area contributed by atoms with Gasteiger partial charge >= 0.3 is 11.9 Å². The van der Waals surface area contributed by atoms with Crippen molar-refractivity contribution in [2.24, 2.45) is 39.2 Å². The van der Waals surface area contributed by atoms with Crippen molar-refractivity contribution in [3.8, 4) is 11.5 Å². The number of allylic oxidation sites excluding steroid dienone is 1. The van der Waals surface area contributed by atoms with Gasteiger partial charge in [0.15, 0.2) is 0 Å². The molecule has 7 aromatic rings. The lowest BCUT2D eigenvalue weighted by Crippen LogP contribution is -2.47. The van der Waals surface area contributed by atoms with Gasteiger partial charge in [0.05, 0.1) is 46.8 Å². The molecule has 4 fully saturated rings. The van der Waals surface area contributed by atoms with Crippen LogP contribution in [0.4, 0.5) is 64.9 Å². The summed E-state index contributed by atoms with van der Waals surface area (Å²) in [5, 5.41) is 50.2. The number of piperazine rings is 1. The van der Waals surface area contributed by atoms with E-state index in [2.05, 4.69) is 63.7 Å². The lowest BCUT2D eigenvalue weighted by Gasteiger charge is -2.39. The van der Waals surface area contributed by atoms with E-state index in [0.29, 0.717) is 113 Å². The first-order chi connectivity index (χ1) is 56.8. The quantitative estimate of drug-likeness (QED) is 0.0125. The highest BCUT2D eigenvalue weighted by Crippen LogP contribution is 2.46. The van der Waals surface area contributed by atoms with E-state index in [1.807, 2.05) is 0 Å². The lowest BCUT2D eigenvalue weighted by atomic mass is 9.72. The summed E-state index contributed by atoms with van der Waals surface area (Å²) in [5.74, 6) is -0.138. The van der Waals surface area contributed by atoms with Crippen LogP contribution >= 0.6 is 11.6 Å². The van der Waals surface area contributed by atoms with Crippen LogP contribution in [-0.4, -0.2) is 207 Å². The second kappa shape index (κ2) is 43.0. The highest BCUT2D eigenvalue weighted by Gasteiger charge is 2.35. The fraction of sp³-hybridized carbons (Fsp3) is 0.494. The minimum atomic E-state index is -4.63. The number of rotatable bonds is 30. The zero-order valence-corrected chi connectivity index (χ0v) is 69.8. The number of nitrogens with two attached hydrogens (primary N) is 3. The number of fused-ring (bicyclic) bond motifs is 1. The van der Waals surface area contributed by atoms with Crippen LogP contribution in [0.15, 0.2) is 136 Å². The Kier molecular flexibility index (Phi) is 33.9. The molecule has 1 aliphatic carbocycles. The van der Waals surface area contributed by atoms with Crippen LogP contribution < -0.4 is 41.0 Å². The Bertz CT molecular complexity index is 5070. The van der Waals surface area contributed by atoms with Crippen molar-refractivity contribution in [3.05, 3.63) is 179 Å². The topological polar surface area (TPSA) is 417 Å². The number of aromatic amines is 1. The summed E-state index contributed by atoms with van der Waals surface area (Å²) in [6.07, 6.45) is 9.96. The average Bonchev–Trinajstić information content (AvgIpc) is 0.807. The number of sulfonamides is 3. The van der Waals surface area contributed by atoms with Gasteiger partial charge in [0.25, 0.3) is 27.3 Å². The molecule has 1 amide bonds. The van der Waals surface area contributed by atoms with Gasteiger partial charge in [0.2, 0.25) is 25.9 Å². The summed E-state index contributed by atoms with van der Waals surface area (Å²) in [4.78, 5) is 62.2. The first kappa shape index (κ1) is 94.6. The maximum atomic E-state index is 14.0. The summed E-state index contributed by atoms with van der Waals surface area (Å²) in [5.41, 5.74) is 7.31. The Balaban J connectivity index is 0.000000257. The Labute approximate surface area is 697 Å². The molecule has 0 unspecified atom stereocenters. The molecule has 5 aromatic carbocycles. The van der Waals surface area contributed by atoms with Gasteiger partial charge in [0, 0.05) is 112 Å². The number of aromatic nitrogens is 2. The van der Waals surface area contributed by atoms with Crippen molar-refractivity contribution in [1.29, 1.82) is 0 Å². The molecule has 12 rings (SSSR count). The number of ether oxygens (including phenoxy) is 1. The van der Waals surface area contributed by atoms with Crippen molar-refractivity contribution >= 4 is 98.3 Å². The number of hydrogen-bond acceptors (Lipinski definition) is 23. The molecular weight excluding hydrogens is 1660 g/mol. The number of nitrogens with one attached hydrogen (secondary N) is 4. The third-order valence-corrected chi connectivity index (χ3v) is 25.5. The van der Waals surface area contributed by atoms with Gasteiger partial charge in [-0.15, -0.1) is 0 Å². The number of alkyl halides is 6. The smallest absolute Gasteiger partial charge is 0.416 e. The molecule has 10 N–H and O–H groups in total. The first-order valence-electron chi connectivity index (χ1n) is 39.3. The summed E-state index contributed by atoms with van der Waals surface area (Å²) in [6, 6.07) is 21.1. The third-order valence-electron chi connectivity index (χ3n) is 22.0. The molecule has 5 aliphatic rings. The van der Waals surface area contributed by atoms with Crippen molar-refractivity contribution in [3.63, 3.8) is 0 Å². The minimum Gasteiger partial charge on any atom is -0.455 e. The standard InChI is InChI=1S/C49H55ClF4N8O6S.C15H23FN4O4S.C9H19FN2.C6H5FN2O4S/c1-48(2)14-9-34(41(29-48)39-6-3-35(26-42(39)50)49(52,53)54)31-60-21-23-61(24-22-60)36-4-7-40(45(27-36)68-37-25-33-11-17-56-46(33)57-30-37)47(63)58-69(66,67)38-5-8-43(44(28-38)62(64)65)55-16-10-32-12-18-59(19-13-32)20-15-51;16-6-10-19-8-4-12(5-9-19)3-7-18-14-2-1-13(25(17,23)24)11-15(14)20(21)22;10-4-8-12-6-2-9(1-5-11)3-7-12;7-5-2-1-4(14(8,12)13)3-6(5)9(10)11/h3-8,11,17,25-28,30,32,55H,9-10,12-16,18-24,29,31H2,1-2H3,(H,56,57)(H,58,63);1-2,11-12,18H,3-10H2,(H2,17,23,24);9H,1-8,11H2;1-3H,(H2,8,12,13). The molecule has 0 radical (unpaired) electrons. The van der Waals surface area contributed by atoms with E-state index in [1.54, 1.807) is 30.5 Å². The molecule has 0 saturated carbocycles. The number of carbonyl (C=O) groups is 1. The monoisotopic (exact) mass is 1760 g/mol. The number of primary sulfonamides is 2. The number of nitrogens with zero attached hydrogens (tertiary/aromatic N) is 9. The van der Waals surface area contributed by atoms with Crippen molar-refractivity contribution in [2.45, 2.75) is 112 Å². The Hall–Kier alpha value is -9.23. The fourth-order valence-corrected chi connectivity index (χ4v) is 17.5. The molecule has 0 bridgehead atoms. The number of hydrogen-bond donors (Lipinski definition) is 7. The highest BCUT2D eigenvalue weighted by molar-refractivity contribution is 7.90. The lowest BCUT2D eigenvalue weighted by molar-refractivity contribution is -0.387. The molecule has 30 nitrogen and oxygen atoms in total. The number of pyridine rings is 1. The number of anilines is 3. The van der Waals surface area contributed by atoms with Crippen LogP contribution in [0.25, 0.3) is 16.6 Å². The summed E-state index contributed by atoms with van der Waals surface area (Å²) in [6.45, 7) is 15.2. The number of likely N-dealkylation sites (tertiary alicyclic amines) is 3. The van der Waals surface area contributed by atoms with Crippen molar-refractivity contribution in [1.82, 2.24) is 34.3 Å². The number of piperidine rings is 3. The van der Waals surface area contributed by atoms with Gasteiger partial charge in [-0.1, -0.05) is 37.1 Å². The predicted molar refractivity (Wildman–Crippen MR) is 444 cm³/mol. The van der Waals surface area contributed by atoms with Gasteiger partial charge in [-0.2, -0.15) is 17.6 Å². The number of nitro groups is 3. The third kappa shape index (κ3) is 27.4. The minimum absolute atomic E-state index is 0.0472. The van der Waals surface area contributed by atoms with Crippen molar-refractivity contribution in [2.75, 3.05) is 147 Å². The zero-order chi connectivity index (χ0) is 87.3. The van der Waals surface area contributed by atoms with E-state index in [-0.39, 0.29) is 69.5 Å². The molecule has 0 spiro atoms. The molecule has 41 heteroatoms. The number of benzene rings is 5. The number of nitro benzene ring substituents is 3. The maximum Gasteiger partial charge on any atom is 0.416 e. The van der Waals surface area contributed by atoms with Crippen LogP contribution in [0.1, 0.15) is 112 Å². The second-order valence-corrected chi connectivity index (χ2v) is 36.2. The number of carbonyl (C=O) groups excluding carboxylic acids is 1. The second-order valence-electron chi connectivity index (χ2n) is 30.9. The zero-order valence-electron chi connectivity index (χ0n) is 66.6. The molecule has 4 saturated heterocycles. The van der Waals surface area contributed by atoms with E-state index in [9.17, 15) is 91.1 Å². The van der Waals surface area contributed by atoms with Gasteiger partial charge in [0.1, 0.15) is 48.5 Å². The molecule has 0 atom stereocenters. The fourth-order valence-electron chi connectivity index (χ4n) is 15.2. The van der Waals surface area contributed by atoms with Crippen LogP contribution in [-0.2, 0) is 36.2 Å². The normalized spacial score (nSPS) is 17.1. The van der Waals surface area contributed by atoms with Crippen LogP contribution in [0.2, 0.25) is 5.02 Å². The number of halogens is 8. The Morgan fingerprint density at radius 3 is 1.62 bits per heavy atom. The number of amides is 1. The van der Waals surface area contributed by atoms with Crippen LogP contribution in [0, 0.1) is 59.3 Å². The van der Waals surface area contributed by atoms with E-state index in [1.165, 1.54) is 55.4 Å². The van der Waals surface area contributed by atoms with E-state index in [0.717, 1.165) is 156 Å². The Morgan fingerprint density at radius 1 is 0.633 bits per heavy atom. The maximum absolute atomic E-state index is 14.0. The SMILES string of the molecule is CC1(C)CCC(CN2CCN(c3ccc(C(=O)NS(=O)(=O)c4ccc(NCCC5CCN(CCF)CC5)c([N+](=O)[O-])c4)c(Oc4cnc5[nH]ccc5c4)c3)CC2)=C(c2ccc(C(F)(F)F)cc2Cl)C1.NCCC1CCN(CCF)CC1.NS(=O)(=O)c1ccc(F)c([N+](=O)[O-])c1.NS(=O)(=O)c1ccc(NCCC2CCN(CCF)CC2)c([N+](=O)[O-])c1. The molecule has 120 heavy (non-hydrogen) atoms. The molecular formula is C79H102ClF7N16O14S3. The number of H-pyrrole nitrogens is 1. The van der Waals surface area contributed by atoms with Gasteiger partial charge in [-0.25, -0.2) is 58.4 Å². The highest BCUT2D eigenvalue weighted by atomic mass is 35.5. The van der Waals surface area contributed by atoms with Gasteiger partial charge < -0.3 is 45.7 Å². The van der Waals surface area contributed by atoms with Crippen molar-refractivity contribution < 1.29 is 80.3 Å². The molecule has 656 valence electrons. The van der Waals surface area contributed by atoms with Crippen LogP contribution in [0.3, 0.4) is 0 Å². The van der Waals surface area contributed by atoms with Gasteiger partial charge in [-0.3, -0.25) is 40.0 Å². The van der Waals surface area contributed by atoms with E-state index in [4.69, 9.17) is 32.3 Å². The Morgan fingerprint density at radius 2 is 1.13 bits per heavy atom. The van der Waals surface area contributed by atoms with Crippen LogP contribution in [0.5, 0.6) is 11.5 Å². The predicted octanol–water partition coefficient (Wildman–Crippen LogP) is 13.4. The summed E-state index contributed by atoms with van der Waals surface area (Å²) < 4.78 is 170. The van der Waals surface area contributed by atoms with E-state index < -0.39 is 89.5 Å².